The smallest absolute Gasteiger partial charge is 0.241 e. The molecule has 0 saturated carbocycles. The predicted octanol–water partition coefficient (Wildman–Crippen LogP) is 5.05. The molecule has 0 radical (unpaired) electrons. The molecule has 1 N–H and O–H groups in total. The number of methoxy groups -OCH3 is 1. The van der Waals surface area contributed by atoms with Gasteiger partial charge in [-0.15, -0.1) is 0 Å². The van der Waals surface area contributed by atoms with Gasteiger partial charge in [-0.05, 0) is 74.0 Å². The zero-order valence-electron chi connectivity index (χ0n) is 19.9. The highest BCUT2D eigenvalue weighted by Crippen LogP contribution is 2.23. The Hall–Kier alpha value is -2.55. The van der Waals surface area contributed by atoms with Gasteiger partial charge in [0.05, 0.1) is 13.7 Å². The van der Waals surface area contributed by atoms with E-state index in [1.165, 1.54) is 0 Å². The standard InChI is InChI=1S/C26H31ClN4O3S/c1-33-22-9-7-19(8-10-22)25-29-24(34-30-25)17-31-14-11-20(12-15-31)26(32)28-13-4-16-35-18-21-5-2-3-6-23(21)27/h2-3,5-10,20H,4,11-18H2,1H3,(H,28,32). The van der Waals surface area contributed by atoms with E-state index in [0.717, 1.165) is 65.8 Å². The summed E-state index contributed by atoms with van der Waals surface area (Å²) in [6.07, 6.45) is 2.63. The second-order valence-electron chi connectivity index (χ2n) is 8.58. The van der Waals surface area contributed by atoms with Crippen LogP contribution >= 0.6 is 23.4 Å². The summed E-state index contributed by atoms with van der Waals surface area (Å²) in [5, 5.41) is 8.03. The number of rotatable bonds is 11. The van der Waals surface area contributed by atoms with Crippen molar-refractivity contribution in [1.82, 2.24) is 20.4 Å². The molecule has 35 heavy (non-hydrogen) atoms. The number of carbonyl (C=O) groups excluding carboxylic acids is 1. The summed E-state index contributed by atoms with van der Waals surface area (Å²) < 4.78 is 10.6. The molecule has 4 rings (SSSR count). The van der Waals surface area contributed by atoms with Gasteiger partial charge in [-0.2, -0.15) is 16.7 Å². The number of carbonyl (C=O) groups is 1. The van der Waals surface area contributed by atoms with E-state index in [1.807, 2.05) is 54.2 Å². The van der Waals surface area contributed by atoms with Gasteiger partial charge in [0, 0.05) is 28.8 Å². The minimum absolute atomic E-state index is 0.0690. The van der Waals surface area contributed by atoms with E-state index in [4.69, 9.17) is 20.9 Å². The van der Waals surface area contributed by atoms with Crippen LogP contribution in [0.4, 0.5) is 0 Å². The number of benzene rings is 2. The monoisotopic (exact) mass is 514 g/mol. The minimum Gasteiger partial charge on any atom is -0.497 e. The lowest BCUT2D eigenvalue weighted by Gasteiger charge is -2.30. The molecule has 2 aromatic carbocycles. The van der Waals surface area contributed by atoms with Crippen LogP contribution < -0.4 is 10.1 Å². The van der Waals surface area contributed by atoms with E-state index in [-0.39, 0.29) is 11.8 Å². The molecular formula is C26H31ClN4O3S. The van der Waals surface area contributed by atoms with Crippen LogP contribution in [-0.2, 0) is 17.1 Å². The molecule has 9 heteroatoms. The molecule has 0 spiro atoms. The van der Waals surface area contributed by atoms with Crippen molar-refractivity contribution in [3.63, 3.8) is 0 Å². The van der Waals surface area contributed by atoms with E-state index in [0.29, 0.717) is 24.8 Å². The summed E-state index contributed by atoms with van der Waals surface area (Å²) in [5.41, 5.74) is 2.05. The first-order valence-electron chi connectivity index (χ1n) is 11.9. The third kappa shape index (κ3) is 7.46. The minimum atomic E-state index is 0.0690. The highest BCUT2D eigenvalue weighted by Gasteiger charge is 2.25. The summed E-state index contributed by atoms with van der Waals surface area (Å²) in [6, 6.07) is 15.5. The number of thioether (sulfide) groups is 1. The summed E-state index contributed by atoms with van der Waals surface area (Å²) in [4.78, 5) is 19.4. The Morgan fingerprint density at radius 3 is 2.71 bits per heavy atom. The summed E-state index contributed by atoms with van der Waals surface area (Å²) in [7, 11) is 1.64. The Labute approximate surface area is 215 Å². The van der Waals surface area contributed by atoms with Gasteiger partial charge in [0.25, 0.3) is 0 Å². The molecule has 0 bridgehead atoms. The predicted molar refractivity (Wildman–Crippen MR) is 140 cm³/mol. The van der Waals surface area contributed by atoms with E-state index < -0.39 is 0 Å². The molecule has 3 aromatic rings. The normalized spacial score (nSPS) is 14.7. The zero-order chi connectivity index (χ0) is 24.5. The molecule has 1 aromatic heterocycles. The Bertz CT molecular complexity index is 1080. The molecule has 0 atom stereocenters. The van der Waals surface area contributed by atoms with Crippen LogP contribution in [0, 0.1) is 5.92 Å². The van der Waals surface area contributed by atoms with Crippen LogP contribution in [0.3, 0.4) is 0 Å². The Morgan fingerprint density at radius 2 is 1.97 bits per heavy atom. The average molecular weight is 515 g/mol. The van der Waals surface area contributed by atoms with Gasteiger partial charge >= 0.3 is 0 Å². The number of likely N-dealkylation sites (tertiary alicyclic amines) is 1. The molecule has 2 heterocycles. The SMILES string of the molecule is COc1ccc(-c2noc(CN3CCC(C(=O)NCCCSCc4ccccc4Cl)CC3)n2)cc1. The first-order chi connectivity index (χ1) is 17.1. The molecule has 0 unspecified atom stereocenters. The zero-order valence-corrected chi connectivity index (χ0v) is 21.5. The molecule has 1 aliphatic rings. The van der Waals surface area contributed by atoms with Crippen molar-refractivity contribution in [2.45, 2.75) is 31.6 Å². The first-order valence-corrected chi connectivity index (χ1v) is 13.4. The number of halogens is 1. The second-order valence-corrected chi connectivity index (χ2v) is 10.1. The van der Waals surface area contributed by atoms with Crippen molar-refractivity contribution < 1.29 is 14.1 Å². The van der Waals surface area contributed by atoms with Crippen molar-refractivity contribution in [2.24, 2.45) is 5.92 Å². The number of hydrogen-bond donors (Lipinski definition) is 1. The summed E-state index contributed by atoms with van der Waals surface area (Å²) in [5.74, 6) is 4.08. The maximum atomic E-state index is 12.6. The first kappa shape index (κ1) is 25.5. The van der Waals surface area contributed by atoms with E-state index in [9.17, 15) is 4.79 Å². The lowest BCUT2D eigenvalue weighted by molar-refractivity contribution is -0.126. The molecule has 1 amide bonds. The Morgan fingerprint density at radius 1 is 1.20 bits per heavy atom. The van der Waals surface area contributed by atoms with Gasteiger partial charge < -0.3 is 14.6 Å². The quantitative estimate of drug-likeness (QED) is 0.358. The number of nitrogens with zero attached hydrogens (tertiary/aromatic N) is 3. The van der Waals surface area contributed by atoms with Gasteiger partial charge in [0.1, 0.15) is 5.75 Å². The third-order valence-electron chi connectivity index (χ3n) is 6.11. The molecule has 1 aliphatic heterocycles. The summed E-state index contributed by atoms with van der Waals surface area (Å²) >= 11 is 8.04. The lowest BCUT2D eigenvalue weighted by atomic mass is 9.96. The van der Waals surface area contributed by atoms with Crippen molar-refractivity contribution in [3.05, 3.63) is 65.0 Å². The van der Waals surface area contributed by atoms with Crippen LogP contribution in [0.2, 0.25) is 5.02 Å². The maximum absolute atomic E-state index is 12.6. The fourth-order valence-electron chi connectivity index (χ4n) is 4.05. The average Bonchev–Trinajstić information content (AvgIpc) is 3.36. The fourth-order valence-corrected chi connectivity index (χ4v) is 5.29. The number of piperidine rings is 1. The second kappa shape index (κ2) is 13.0. The van der Waals surface area contributed by atoms with Crippen LogP contribution in [0.1, 0.15) is 30.7 Å². The van der Waals surface area contributed by atoms with Crippen LogP contribution in [0.25, 0.3) is 11.4 Å². The molecule has 7 nitrogen and oxygen atoms in total. The molecular weight excluding hydrogens is 484 g/mol. The van der Waals surface area contributed by atoms with Gasteiger partial charge in [-0.25, -0.2) is 0 Å². The third-order valence-corrected chi connectivity index (χ3v) is 7.57. The highest BCUT2D eigenvalue weighted by atomic mass is 35.5. The van der Waals surface area contributed by atoms with Gasteiger partial charge in [0.15, 0.2) is 0 Å². The number of nitrogens with one attached hydrogen (secondary N) is 1. The van der Waals surface area contributed by atoms with Crippen LogP contribution in [-0.4, -0.2) is 53.4 Å². The number of amides is 1. The molecule has 1 saturated heterocycles. The van der Waals surface area contributed by atoms with Crippen molar-refractivity contribution in [3.8, 4) is 17.1 Å². The molecule has 1 fully saturated rings. The highest BCUT2D eigenvalue weighted by molar-refractivity contribution is 7.98. The number of aromatic nitrogens is 2. The molecule has 0 aliphatic carbocycles. The number of ether oxygens (including phenoxy) is 1. The van der Waals surface area contributed by atoms with Crippen molar-refractivity contribution >= 4 is 29.3 Å². The largest absolute Gasteiger partial charge is 0.497 e. The Kier molecular flexibility index (Phi) is 9.45. The van der Waals surface area contributed by atoms with Crippen molar-refractivity contribution in [2.75, 3.05) is 32.5 Å². The van der Waals surface area contributed by atoms with Gasteiger partial charge in [-0.3, -0.25) is 9.69 Å². The van der Waals surface area contributed by atoms with E-state index in [1.54, 1.807) is 7.11 Å². The van der Waals surface area contributed by atoms with Crippen LogP contribution in [0.5, 0.6) is 5.75 Å². The number of hydrogen-bond acceptors (Lipinski definition) is 7. The molecule has 186 valence electrons. The van der Waals surface area contributed by atoms with Gasteiger partial charge in [0.2, 0.25) is 17.6 Å². The topological polar surface area (TPSA) is 80.5 Å². The summed E-state index contributed by atoms with van der Waals surface area (Å²) in [6.45, 7) is 2.99. The fraction of sp³-hybridized carbons (Fsp3) is 0.423. The van der Waals surface area contributed by atoms with Crippen LogP contribution in [0.15, 0.2) is 53.1 Å². The Balaban J connectivity index is 1.12. The maximum Gasteiger partial charge on any atom is 0.241 e. The van der Waals surface area contributed by atoms with Gasteiger partial charge in [-0.1, -0.05) is 35.0 Å². The van der Waals surface area contributed by atoms with E-state index >= 15 is 0 Å². The van der Waals surface area contributed by atoms with E-state index in [2.05, 4.69) is 26.4 Å². The lowest BCUT2D eigenvalue weighted by Crippen LogP contribution is -2.40. The van der Waals surface area contributed by atoms with Crippen molar-refractivity contribution in [1.29, 1.82) is 0 Å².